The molecule has 0 saturated carbocycles. The zero-order valence-electron chi connectivity index (χ0n) is 10.2. The third kappa shape index (κ3) is 3.38. The highest BCUT2D eigenvalue weighted by atomic mass is 35.5. The van der Waals surface area contributed by atoms with Crippen LogP contribution in [0.15, 0.2) is 18.2 Å². The molecule has 2 N–H and O–H groups in total. The van der Waals surface area contributed by atoms with Gasteiger partial charge in [0.25, 0.3) is 0 Å². The first-order valence-corrected chi connectivity index (χ1v) is 6.13. The van der Waals surface area contributed by atoms with Crippen LogP contribution in [0.5, 0.6) is 0 Å². The molecule has 1 aromatic heterocycles. The van der Waals surface area contributed by atoms with Crippen LogP contribution in [0.25, 0.3) is 11.4 Å². The first-order valence-electron chi connectivity index (χ1n) is 5.76. The molecular weight excluding hydrogens is 295 g/mol. The van der Waals surface area contributed by atoms with Gasteiger partial charge >= 0.3 is 6.18 Å². The number of alkyl halides is 3. The highest BCUT2D eigenvalue weighted by Gasteiger charge is 2.26. The Hall–Kier alpha value is -1.83. The van der Waals surface area contributed by atoms with Crippen LogP contribution in [-0.2, 0) is 6.54 Å². The Morgan fingerprint density at radius 3 is 2.75 bits per heavy atom. The first kappa shape index (κ1) is 14.6. The maximum atomic E-state index is 12.1. The molecule has 1 aromatic carbocycles. The summed E-state index contributed by atoms with van der Waals surface area (Å²) in [4.78, 5) is 0. The van der Waals surface area contributed by atoms with Gasteiger partial charge in [0.15, 0.2) is 5.82 Å². The molecule has 0 spiro atoms. The predicted octanol–water partition coefficient (Wildman–Crippen LogP) is 2.92. The lowest BCUT2D eigenvalue weighted by Gasteiger charge is -2.08. The van der Waals surface area contributed by atoms with Gasteiger partial charge in [0.05, 0.1) is 10.7 Å². The van der Waals surface area contributed by atoms with Gasteiger partial charge in [-0.2, -0.15) is 13.2 Å². The first-order chi connectivity index (χ1) is 9.38. The van der Waals surface area contributed by atoms with Crippen LogP contribution >= 0.6 is 11.6 Å². The van der Waals surface area contributed by atoms with E-state index < -0.39 is 12.6 Å². The SMILES string of the molecule is Nc1cccc(-c2nnnn2CCCC(F)(F)F)c1Cl. The normalized spacial score (nSPS) is 11.8. The van der Waals surface area contributed by atoms with Crippen molar-refractivity contribution < 1.29 is 13.2 Å². The average molecular weight is 306 g/mol. The number of hydrogen-bond acceptors (Lipinski definition) is 4. The maximum absolute atomic E-state index is 12.1. The summed E-state index contributed by atoms with van der Waals surface area (Å²) in [6.07, 6.45) is -5.19. The molecule has 20 heavy (non-hydrogen) atoms. The van der Waals surface area contributed by atoms with Crippen LogP contribution < -0.4 is 5.73 Å². The molecule has 0 aliphatic carbocycles. The molecular formula is C11H11ClF3N5. The van der Waals surface area contributed by atoms with E-state index in [0.29, 0.717) is 17.1 Å². The van der Waals surface area contributed by atoms with Crippen molar-refractivity contribution in [2.75, 3.05) is 5.73 Å². The molecule has 0 amide bonds. The molecule has 0 saturated heterocycles. The molecule has 0 aliphatic rings. The van der Waals surface area contributed by atoms with E-state index in [4.69, 9.17) is 17.3 Å². The van der Waals surface area contributed by atoms with Gasteiger partial charge in [0.1, 0.15) is 0 Å². The number of aromatic nitrogens is 4. The molecule has 0 atom stereocenters. The lowest BCUT2D eigenvalue weighted by molar-refractivity contribution is -0.136. The molecule has 0 aliphatic heterocycles. The maximum Gasteiger partial charge on any atom is 0.389 e. The number of halogens is 4. The number of nitrogen functional groups attached to an aromatic ring is 1. The second-order valence-corrected chi connectivity index (χ2v) is 4.53. The molecule has 0 radical (unpaired) electrons. The second kappa shape index (κ2) is 5.66. The number of hydrogen-bond donors (Lipinski definition) is 1. The van der Waals surface area contributed by atoms with Crippen LogP contribution in [0.1, 0.15) is 12.8 Å². The number of anilines is 1. The number of nitrogens with two attached hydrogens (primary N) is 1. The van der Waals surface area contributed by atoms with E-state index in [1.165, 1.54) is 4.68 Å². The third-order valence-electron chi connectivity index (χ3n) is 2.63. The van der Waals surface area contributed by atoms with E-state index in [-0.39, 0.29) is 18.0 Å². The van der Waals surface area contributed by atoms with Gasteiger partial charge in [-0.3, -0.25) is 0 Å². The van der Waals surface area contributed by atoms with Crippen molar-refractivity contribution in [3.63, 3.8) is 0 Å². The molecule has 2 aromatic rings. The van der Waals surface area contributed by atoms with Crippen LogP contribution in [0, 0.1) is 0 Å². The highest BCUT2D eigenvalue weighted by molar-refractivity contribution is 6.35. The van der Waals surface area contributed by atoms with Crippen LogP contribution in [0.2, 0.25) is 5.02 Å². The fourth-order valence-electron chi connectivity index (χ4n) is 1.70. The standard InChI is InChI=1S/C11H11ClF3N5/c12-9-7(3-1-4-8(9)16)10-17-18-19-20(10)6-2-5-11(13,14)15/h1,3-4H,2,5-6,16H2. The Balaban J connectivity index is 2.18. The van der Waals surface area contributed by atoms with Crippen molar-refractivity contribution >= 4 is 17.3 Å². The lowest BCUT2D eigenvalue weighted by atomic mass is 10.2. The fraction of sp³-hybridized carbons (Fsp3) is 0.364. The number of nitrogens with zero attached hydrogens (tertiary/aromatic N) is 4. The molecule has 0 bridgehead atoms. The molecule has 0 unspecified atom stereocenters. The van der Waals surface area contributed by atoms with Gasteiger partial charge in [-0.05, 0) is 29.0 Å². The Kier molecular flexibility index (Phi) is 4.12. The van der Waals surface area contributed by atoms with Gasteiger partial charge in [-0.25, -0.2) is 4.68 Å². The quantitative estimate of drug-likeness (QED) is 0.882. The topological polar surface area (TPSA) is 69.6 Å². The lowest BCUT2D eigenvalue weighted by Crippen LogP contribution is -2.10. The van der Waals surface area contributed by atoms with Gasteiger partial charge in [0.2, 0.25) is 0 Å². The zero-order valence-corrected chi connectivity index (χ0v) is 11.0. The van der Waals surface area contributed by atoms with Gasteiger partial charge in [0, 0.05) is 18.5 Å². The van der Waals surface area contributed by atoms with Crippen molar-refractivity contribution in [3.8, 4) is 11.4 Å². The van der Waals surface area contributed by atoms with Crippen molar-refractivity contribution in [1.29, 1.82) is 0 Å². The van der Waals surface area contributed by atoms with Crippen molar-refractivity contribution in [2.45, 2.75) is 25.6 Å². The molecule has 2 rings (SSSR count). The summed E-state index contributed by atoms with van der Waals surface area (Å²) in [6.45, 7) is 0.0486. The minimum absolute atomic E-state index is 0.0486. The minimum Gasteiger partial charge on any atom is -0.398 e. The van der Waals surface area contributed by atoms with E-state index in [2.05, 4.69) is 15.5 Å². The van der Waals surface area contributed by atoms with E-state index >= 15 is 0 Å². The summed E-state index contributed by atoms with van der Waals surface area (Å²) in [5, 5.41) is 11.2. The van der Waals surface area contributed by atoms with Crippen molar-refractivity contribution in [3.05, 3.63) is 23.2 Å². The summed E-state index contributed by atoms with van der Waals surface area (Å²) in [7, 11) is 0. The van der Waals surface area contributed by atoms with E-state index in [1.807, 2.05) is 0 Å². The van der Waals surface area contributed by atoms with E-state index in [1.54, 1.807) is 18.2 Å². The largest absolute Gasteiger partial charge is 0.398 e. The number of rotatable bonds is 4. The second-order valence-electron chi connectivity index (χ2n) is 4.15. The predicted molar refractivity (Wildman–Crippen MR) is 68.0 cm³/mol. The molecule has 1 heterocycles. The van der Waals surface area contributed by atoms with Crippen LogP contribution in [0.4, 0.5) is 18.9 Å². The molecule has 108 valence electrons. The smallest absolute Gasteiger partial charge is 0.389 e. The summed E-state index contributed by atoms with van der Waals surface area (Å²) in [5.74, 6) is 0.296. The number of tetrazole rings is 1. The van der Waals surface area contributed by atoms with Gasteiger partial charge in [-0.15, -0.1) is 5.10 Å². The third-order valence-corrected chi connectivity index (χ3v) is 3.05. The van der Waals surface area contributed by atoms with Crippen LogP contribution in [-0.4, -0.2) is 26.4 Å². The Morgan fingerprint density at radius 2 is 2.05 bits per heavy atom. The van der Waals surface area contributed by atoms with Crippen molar-refractivity contribution in [2.24, 2.45) is 0 Å². The monoisotopic (exact) mass is 305 g/mol. The Bertz CT molecular complexity index is 596. The molecule has 9 heteroatoms. The zero-order chi connectivity index (χ0) is 14.8. The number of aryl methyl sites for hydroxylation is 1. The summed E-state index contributed by atoms with van der Waals surface area (Å²) in [5.41, 5.74) is 6.52. The summed E-state index contributed by atoms with van der Waals surface area (Å²) >= 11 is 6.05. The fourth-order valence-corrected chi connectivity index (χ4v) is 1.91. The van der Waals surface area contributed by atoms with E-state index in [0.717, 1.165) is 0 Å². The van der Waals surface area contributed by atoms with Crippen molar-refractivity contribution in [1.82, 2.24) is 20.2 Å². The van der Waals surface area contributed by atoms with Gasteiger partial charge < -0.3 is 5.73 Å². The van der Waals surface area contributed by atoms with Gasteiger partial charge in [-0.1, -0.05) is 17.7 Å². The average Bonchev–Trinajstić information content (AvgIpc) is 2.79. The summed E-state index contributed by atoms with van der Waals surface area (Å²) in [6, 6.07) is 4.94. The Labute approximate surface area is 117 Å². The number of benzene rings is 1. The van der Waals surface area contributed by atoms with Crippen LogP contribution in [0.3, 0.4) is 0 Å². The van der Waals surface area contributed by atoms with E-state index in [9.17, 15) is 13.2 Å². The minimum atomic E-state index is -4.19. The molecule has 0 fully saturated rings. The summed E-state index contributed by atoms with van der Waals surface area (Å²) < 4.78 is 37.7. The molecule has 5 nitrogen and oxygen atoms in total. The Morgan fingerprint density at radius 1 is 1.30 bits per heavy atom. The highest BCUT2D eigenvalue weighted by Crippen LogP contribution is 2.30.